The molecule has 1 aromatic carbocycles. The first kappa shape index (κ1) is 20.5. The van der Waals surface area contributed by atoms with Gasteiger partial charge in [0, 0.05) is 24.7 Å². The molecule has 0 saturated carbocycles. The molecule has 0 aromatic heterocycles. The quantitative estimate of drug-likeness (QED) is 0.716. The zero-order valence-corrected chi connectivity index (χ0v) is 15.6. The molecule has 1 aromatic rings. The van der Waals surface area contributed by atoms with Crippen molar-refractivity contribution in [2.24, 2.45) is 11.7 Å². The summed E-state index contributed by atoms with van der Waals surface area (Å²) in [6.45, 7) is 10.7. The first-order chi connectivity index (χ1) is 11.1. The molecule has 5 heteroatoms. The van der Waals surface area contributed by atoms with Gasteiger partial charge in [-0.1, -0.05) is 44.2 Å². The number of aliphatic hydroxyl groups is 1. The van der Waals surface area contributed by atoms with E-state index >= 15 is 0 Å². The van der Waals surface area contributed by atoms with Gasteiger partial charge in [-0.2, -0.15) is 0 Å². The van der Waals surface area contributed by atoms with Gasteiger partial charge in [-0.15, -0.1) is 0 Å². The zero-order valence-electron chi connectivity index (χ0n) is 15.6. The zero-order chi connectivity index (χ0) is 18.3. The van der Waals surface area contributed by atoms with E-state index in [2.05, 4.69) is 5.32 Å². The Bertz CT molecular complexity index is 497. The molecular weight excluding hydrogens is 302 g/mol. The van der Waals surface area contributed by atoms with Gasteiger partial charge in [0.15, 0.2) is 0 Å². The van der Waals surface area contributed by atoms with Crippen LogP contribution in [0.1, 0.15) is 40.2 Å². The van der Waals surface area contributed by atoms with Crippen LogP contribution in [0, 0.1) is 5.92 Å². The normalized spacial score (nSPS) is 14.3. The molecule has 0 saturated heterocycles. The molecule has 5 nitrogen and oxygen atoms in total. The Morgan fingerprint density at radius 3 is 2.29 bits per heavy atom. The van der Waals surface area contributed by atoms with Gasteiger partial charge in [-0.25, -0.2) is 4.79 Å². The maximum absolute atomic E-state index is 12.5. The summed E-state index contributed by atoms with van der Waals surface area (Å²) in [7, 11) is 0. The van der Waals surface area contributed by atoms with Crippen molar-refractivity contribution >= 4 is 6.03 Å². The Kier molecular flexibility index (Phi) is 7.70. The lowest BCUT2D eigenvalue weighted by atomic mass is 10.0. The molecule has 0 radical (unpaired) electrons. The molecule has 0 bridgehead atoms. The fourth-order valence-electron chi connectivity index (χ4n) is 2.46. The molecule has 0 aliphatic rings. The molecule has 4 N–H and O–H groups in total. The average molecular weight is 335 g/mol. The van der Waals surface area contributed by atoms with Crippen LogP contribution in [0.3, 0.4) is 0 Å². The predicted molar refractivity (Wildman–Crippen MR) is 98.8 cm³/mol. The van der Waals surface area contributed by atoms with Crippen LogP contribution in [0.5, 0.6) is 0 Å². The van der Waals surface area contributed by atoms with Gasteiger partial charge < -0.3 is 21.1 Å². The van der Waals surface area contributed by atoms with Crippen LogP contribution in [0.15, 0.2) is 30.3 Å². The van der Waals surface area contributed by atoms with Crippen molar-refractivity contribution in [3.8, 4) is 0 Å². The van der Waals surface area contributed by atoms with Gasteiger partial charge in [0.05, 0.1) is 6.10 Å². The molecule has 0 fully saturated rings. The van der Waals surface area contributed by atoms with Gasteiger partial charge >= 0.3 is 6.03 Å². The van der Waals surface area contributed by atoms with E-state index in [1.54, 1.807) is 4.90 Å². The van der Waals surface area contributed by atoms with Gasteiger partial charge in [-0.05, 0) is 38.7 Å². The molecule has 2 atom stereocenters. The highest BCUT2D eigenvalue weighted by molar-refractivity contribution is 5.75. The maximum Gasteiger partial charge on any atom is 0.317 e. The van der Waals surface area contributed by atoms with Gasteiger partial charge in [0.2, 0.25) is 0 Å². The van der Waals surface area contributed by atoms with E-state index in [9.17, 15) is 9.90 Å². The molecule has 1 rings (SSSR count). The van der Waals surface area contributed by atoms with E-state index in [1.807, 2.05) is 65.0 Å². The fourth-order valence-corrected chi connectivity index (χ4v) is 2.46. The number of urea groups is 1. The highest BCUT2D eigenvalue weighted by Gasteiger charge is 2.25. The van der Waals surface area contributed by atoms with Crippen LogP contribution in [0.2, 0.25) is 0 Å². The standard InChI is InChI=1S/C19H33N3O2/c1-14(2)12-22(18(24)21-19(3,4)5)13-17(23)16(20)11-15-9-7-6-8-10-15/h6-10,14,16-17,23H,11-13,20H2,1-5H3,(H,21,24). The number of nitrogens with zero attached hydrogens (tertiary/aromatic N) is 1. The van der Waals surface area contributed by atoms with E-state index in [1.165, 1.54) is 0 Å². The number of carbonyl (C=O) groups excluding carboxylic acids is 1. The monoisotopic (exact) mass is 335 g/mol. The summed E-state index contributed by atoms with van der Waals surface area (Å²) in [4.78, 5) is 14.1. The van der Waals surface area contributed by atoms with Gasteiger partial charge in [0.1, 0.15) is 0 Å². The summed E-state index contributed by atoms with van der Waals surface area (Å²) in [5.74, 6) is 0.313. The Morgan fingerprint density at radius 2 is 1.79 bits per heavy atom. The molecule has 0 aliphatic carbocycles. The second kappa shape index (κ2) is 9.04. The third-order valence-electron chi connectivity index (χ3n) is 3.57. The number of amides is 2. The predicted octanol–water partition coefficient (Wildman–Crippen LogP) is 2.38. The van der Waals surface area contributed by atoms with Crippen molar-refractivity contribution in [2.45, 2.75) is 58.7 Å². The summed E-state index contributed by atoms with van der Waals surface area (Å²) >= 11 is 0. The molecular formula is C19H33N3O2. The van der Waals surface area contributed by atoms with Crippen LogP contribution in [0.4, 0.5) is 4.79 Å². The number of hydrogen-bond donors (Lipinski definition) is 3. The van der Waals surface area contributed by atoms with Crippen molar-refractivity contribution in [1.82, 2.24) is 10.2 Å². The lowest BCUT2D eigenvalue weighted by Gasteiger charge is -2.32. The summed E-state index contributed by atoms with van der Waals surface area (Å²) in [6.07, 6.45) is -0.187. The van der Waals surface area contributed by atoms with Crippen molar-refractivity contribution in [2.75, 3.05) is 13.1 Å². The first-order valence-corrected chi connectivity index (χ1v) is 8.63. The fraction of sp³-hybridized carbons (Fsp3) is 0.632. The number of rotatable bonds is 7. The SMILES string of the molecule is CC(C)CN(CC(O)C(N)Cc1ccccc1)C(=O)NC(C)(C)C. The highest BCUT2D eigenvalue weighted by Crippen LogP contribution is 2.09. The van der Waals surface area contributed by atoms with Crippen molar-refractivity contribution in [1.29, 1.82) is 0 Å². The van der Waals surface area contributed by atoms with Crippen molar-refractivity contribution < 1.29 is 9.90 Å². The lowest BCUT2D eigenvalue weighted by molar-refractivity contribution is 0.0938. The minimum Gasteiger partial charge on any atom is -0.390 e. The molecule has 2 unspecified atom stereocenters. The van der Waals surface area contributed by atoms with Crippen molar-refractivity contribution in [3.05, 3.63) is 35.9 Å². The van der Waals surface area contributed by atoms with Crippen molar-refractivity contribution in [3.63, 3.8) is 0 Å². The van der Waals surface area contributed by atoms with Crippen LogP contribution >= 0.6 is 0 Å². The molecule has 0 heterocycles. The van der Waals surface area contributed by atoms with Crippen LogP contribution in [0.25, 0.3) is 0 Å². The number of benzene rings is 1. The number of nitrogens with two attached hydrogens (primary N) is 1. The van der Waals surface area contributed by atoms with Gasteiger partial charge in [0.25, 0.3) is 0 Å². The highest BCUT2D eigenvalue weighted by atomic mass is 16.3. The van der Waals surface area contributed by atoms with Gasteiger partial charge in [-0.3, -0.25) is 0 Å². The number of nitrogens with one attached hydrogen (secondary N) is 1. The Hall–Kier alpha value is -1.59. The smallest absolute Gasteiger partial charge is 0.317 e. The summed E-state index contributed by atoms with van der Waals surface area (Å²) in [6, 6.07) is 9.26. The van der Waals surface area contributed by atoms with E-state index < -0.39 is 12.1 Å². The summed E-state index contributed by atoms with van der Waals surface area (Å²) in [5, 5.41) is 13.4. The number of carbonyl (C=O) groups is 1. The number of hydrogen-bond acceptors (Lipinski definition) is 3. The van der Waals surface area contributed by atoms with Crippen LogP contribution in [-0.2, 0) is 6.42 Å². The van der Waals surface area contributed by atoms with E-state index in [0.29, 0.717) is 18.9 Å². The number of aliphatic hydroxyl groups excluding tert-OH is 1. The lowest BCUT2D eigenvalue weighted by Crippen LogP contribution is -2.53. The first-order valence-electron chi connectivity index (χ1n) is 8.63. The van der Waals surface area contributed by atoms with E-state index in [4.69, 9.17) is 5.73 Å². The molecule has 0 aliphatic heterocycles. The van der Waals surface area contributed by atoms with Crippen LogP contribution in [-0.4, -0.2) is 46.8 Å². The topological polar surface area (TPSA) is 78.6 Å². The molecule has 136 valence electrons. The second-order valence-corrected chi connectivity index (χ2v) is 7.90. The Morgan fingerprint density at radius 1 is 1.21 bits per heavy atom. The summed E-state index contributed by atoms with van der Waals surface area (Å²) in [5.41, 5.74) is 6.91. The third-order valence-corrected chi connectivity index (χ3v) is 3.57. The minimum atomic E-state index is -0.769. The maximum atomic E-state index is 12.5. The van der Waals surface area contributed by atoms with E-state index in [0.717, 1.165) is 5.56 Å². The Balaban J connectivity index is 2.68. The molecule has 0 spiro atoms. The summed E-state index contributed by atoms with van der Waals surface area (Å²) < 4.78 is 0. The second-order valence-electron chi connectivity index (χ2n) is 7.90. The van der Waals surface area contributed by atoms with E-state index in [-0.39, 0.29) is 18.1 Å². The molecule has 24 heavy (non-hydrogen) atoms. The largest absolute Gasteiger partial charge is 0.390 e. The minimum absolute atomic E-state index is 0.165. The Labute approximate surface area is 146 Å². The average Bonchev–Trinajstić information content (AvgIpc) is 2.45. The molecule has 2 amide bonds. The third kappa shape index (κ3) is 7.79. The van der Waals surface area contributed by atoms with Crippen LogP contribution < -0.4 is 11.1 Å².